The number of anilines is 1. The summed E-state index contributed by atoms with van der Waals surface area (Å²) in [5.41, 5.74) is -0.361. The van der Waals surface area contributed by atoms with Crippen LogP contribution in [0.1, 0.15) is 5.56 Å². The van der Waals surface area contributed by atoms with Gasteiger partial charge in [0.2, 0.25) is 0 Å². The van der Waals surface area contributed by atoms with E-state index in [1.54, 1.807) is 30.3 Å². The zero-order valence-corrected chi connectivity index (χ0v) is 16.0. The maximum absolute atomic E-state index is 13.1. The number of rotatable bonds is 2. The summed E-state index contributed by atoms with van der Waals surface area (Å²) in [5, 5.41) is 14.4. The van der Waals surface area contributed by atoms with Crippen molar-refractivity contribution in [2.45, 2.75) is 4.90 Å². The average Bonchev–Trinajstić information content (AvgIpc) is 2.66. The van der Waals surface area contributed by atoms with Gasteiger partial charge in [-0.25, -0.2) is 18.4 Å². The van der Waals surface area contributed by atoms with Crippen molar-refractivity contribution in [3.8, 4) is 0 Å². The monoisotopic (exact) mass is 416 g/mol. The first kappa shape index (κ1) is 18.2. The molecule has 0 aliphatic carbocycles. The first-order chi connectivity index (χ1) is 13.3. The van der Waals surface area contributed by atoms with E-state index in [1.807, 2.05) is 0 Å². The molecule has 0 spiro atoms. The van der Waals surface area contributed by atoms with Crippen molar-refractivity contribution in [1.82, 2.24) is 14.3 Å². The fourth-order valence-electron chi connectivity index (χ4n) is 3.07. The molecule has 4 rings (SSSR count). The van der Waals surface area contributed by atoms with E-state index >= 15 is 0 Å². The summed E-state index contributed by atoms with van der Waals surface area (Å²) in [6.07, 6.45) is 1.15. The van der Waals surface area contributed by atoms with Gasteiger partial charge in [-0.1, -0.05) is 41.9 Å². The van der Waals surface area contributed by atoms with Crippen molar-refractivity contribution in [2.24, 2.45) is 0 Å². The number of amides is 1. The second-order valence-corrected chi connectivity index (χ2v) is 8.31. The molecular weight excluding hydrogens is 404 g/mol. The number of halogens is 1. The van der Waals surface area contributed by atoms with Gasteiger partial charge < -0.3 is 10.4 Å². The molecule has 28 heavy (non-hydrogen) atoms. The highest BCUT2D eigenvalue weighted by atomic mass is 35.5. The fraction of sp³-hybridized carbons (Fsp3) is 0.0556. The number of carbonyl (C=O) groups excluding carboxylic acids is 1. The Kier molecular flexibility index (Phi) is 4.20. The molecule has 1 aliphatic heterocycles. The van der Waals surface area contributed by atoms with Crippen molar-refractivity contribution < 1.29 is 18.3 Å². The number of nitrogens with zero attached hydrogens (tertiary/aromatic N) is 3. The molecular formula is C18H13ClN4O4S. The van der Waals surface area contributed by atoms with Crippen LogP contribution in [0.2, 0.25) is 5.15 Å². The first-order valence-electron chi connectivity index (χ1n) is 8.04. The Labute approximate surface area is 165 Å². The normalized spacial score (nSPS) is 15.4. The Morgan fingerprint density at radius 2 is 1.93 bits per heavy atom. The summed E-state index contributed by atoms with van der Waals surface area (Å²) < 4.78 is 27.0. The summed E-state index contributed by atoms with van der Waals surface area (Å²) in [6.45, 7) is 0. The lowest BCUT2D eigenvalue weighted by Gasteiger charge is -2.29. The smallest absolute Gasteiger partial charge is 0.277 e. The Balaban J connectivity index is 1.89. The van der Waals surface area contributed by atoms with E-state index in [0.29, 0.717) is 10.8 Å². The number of sulfonamides is 1. The zero-order chi connectivity index (χ0) is 20.1. The van der Waals surface area contributed by atoms with E-state index in [0.717, 1.165) is 10.6 Å². The summed E-state index contributed by atoms with van der Waals surface area (Å²) in [7, 11) is -2.87. The number of hydrogen-bond acceptors (Lipinski definition) is 6. The van der Waals surface area contributed by atoms with E-state index in [2.05, 4.69) is 15.3 Å². The molecule has 10 heteroatoms. The third-order valence-electron chi connectivity index (χ3n) is 4.38. The van der Waals surface area contributed by atoms with Crippen molar-refractivity contribution in [3.05, 3.63) is 65.2 Å². The van der Waals surface area contributed by atoms with Gasteiger partial charge in [0.1, 0.15) is 22.2 Å². The molecule has 1 aromatic heterocycles. The van der Waals surface area contributed by atoms with E-state index in [4.69, 9.17) is 11.6 Å². The first-order valence-corrected chi connectivity index (χ1v) is 9.85. The van der Waals surface area contributed by atoms with Crippen LogP contribution in [0.15, 0.2) is 59.4 Å². The minimum atomic E-state index is -4.08. The minimum Gasteiger partial charge on any atom is -0.505 e. The molecule has 142 valence electrons. The lowest BCUT2D eigenvalue weighted by molar-refractivity contribution is -0.113. The van der Waals surface area contributed by atoms with E-state index in [9.17, 15) is 18.3 Å². The van der Waals surface area contributed by atoms with Crippen LogP contribution in [0.5, 0.6) is 0 Å². The molecule has 0 unspecified atom stereocenters. The third kappa shape index (κ3) is 2.76. The highest BCUT2D eigenvalue weighted by Gasteiger charge is 2.39. The molecule has 2 aromatic carbocycles. The predicted molar refractivity (Wildman–Crippen MR) is 104 cm³/mol. The Hall–Kier alpha value is -3.17. The standard InChI is InChI=1S/C18H13ClN4O4S/c1-23-15(18(25)22-14-8-13(19)20-9-21-14)16(24)12-7-6-10-4-2-3-5-11(10)17(12)28(23,26)27/h2-9,24H,1H3,(H,20,21,22,25). The van der Waals surface area contributed by atoms with Gasteiger partial charge in [-0.2, -0.15) is 0 Å². The quantitative estimate of drug-likeness (QED) is 0.621. The Morgan fingerprint density at radius 1 is 1.18 bits per heavy atom. The zero-order valence-electron chi connectivity index (χ0n) is 14.4. The van der Waals surface area contributed by atoms with Gasteiger partial charge >= 0.3 is 0 Å². The van der Waals surface area contributed by atoms with Crippen LogP contribution in [0.4, 0.5) is 5.82 Å². The molecule has 0 saturated heterocycles. The summed E-state index contributed by atoms with van der Waals surface area (Å²) in [6, 6.07) is 11.4. The molecule has 1 amide bonds. The van der Waals surface area contributed by atoms with Gasteiger partial charge in [0.05, 0.1) is 0 Å². The molecule has 0 bridgehead atoms. The van der Waals surface area contributed by atoms with Crippen LogP contribution in [0.3, 0.4) is 0 Å². The second-order valence-electron chi connectivity index (χ2n) is 6.01. The second kappa shape index (κ2) is 6.47. The van der Waals surface area contributed by atoms with Gasteiger partial charge in [-0.3, -0.25) is 9.10 Å². The molecule has 0 atom stereocenters. The number of likely N-dealkylation sites (N-methyl/N-ethyl adjacent to an activating group) is 1. The van der Waals surface area contributed by atoms with Crippen LogP contribution >= 0.6 is 11.6 Å². The van der Waals surface area contributed by atoms with Crippen LogP contribution in [0, 0.1) is 0 Å². The van der Waals surface area contributed by atoms with E-state index < -0.39 is 27.4 Å². The highest BCUT2D eigenvalue weighted by molar-refractivity contribution is 7.89. The lowest BCUT2D eigenvalue weighted by atomic mass is 10.0. The van der Waals surface area contributed by atoms with Gasteiger partial charge in [-0.15, -0.1) is 0 Å². The number of aliphatic hydroxyl groups excluding tert-OH is 1. The number of aliphatic hydroxyl groups is 1. The SMILES string of the molecule is CN1C(C(=O)Nc2cc(Cl)ncn2)=C(O)c2ccc3ccccc3c2S1(=O)=O. The lowest BCUT2D eigenvalue weighted by Crippen LogP contribution is -2.37. The average molecular weight is 417 g/mol. The van der Waals surface area contributed by atoms with Gasteiger partial charge in [0.15, 0.2) is 11.5 Å². The van der Waals surface area contributed by atoms with Gasteiger partial charge in [-0.05, 0) is 11.5 Å². The van der Waals surface area contributed by atoms with Gasteiger partial charge in [0, 0.05) is 24.1 Å². The van der Waals surface area contributed by atoms with Gasteiger partial charge in [0.25, 0.3) is 15.9 Å². The number of benzene rings is 2. The molecule has 2 N–H and O–H groups in total. The Bertz CT molecular complexity index is 1270. The number of aromatic nitrogens is 2. The maximum atomic E-state index is 13.1. The van der Waals surface area contributed by atoms with E-state index in [1.165, 1.54) is 19.2 Å². The predicted octanol–water partition coefficient (Wildman–Crippen LogP) is 2.78. The summed E-state index contributed by atoms with van der Waals surface area (Å²) in [4.78, 5) is 20.2. The number of carbonyl (C=O) groups is 1. The van der Waals surface area contributed by atoms with Crippen LogP contribution < -0.4 is 5.32 Å². The largest absolute Gasteiger partial charge is 0.505 e. The molecule has 3 aromatic rings. The topological polar surface area (TPSA) is 112 Å². The maximum Gasteiger partial charge on any atom is 0.277 e. The molecule has 0 saturated carbocycles. The van der Waals surface area contributed by atoms with Crippen molar-refractivity contribution >= 4 is 49.9 Å². The minimum absolute atomic E-state index is 0.0489. The molecule has 1 aliphatic rings. The molecule has 0 radical (unpaired) electrons. The van der Waals surface area contributed by atoms with Crippen LogP contribution in [-0.2, 0) is 14.8 Å². The molecule has 2 heterocycles. The Morgan fingerprint density at radius 3 is 2.68 bits per heavy atom. The number of nitrogens with one attached hydrogen (secondary N) is 1. The van der Waals surface area contributed by atoms with Crippen LogP contribution in [-0.4, -0.2) is 40.8 Å². The van der Waals surface area contributed by atoms with Crippen molar-refractivity contribution in [3.63, 3.8) is 0 Å². The third-order valence-corrected chi connectivity index (χ3v) is 6.45. The summed E-state index contributed by atoms with van der Waals surface area (Å²) >= 11 is 5.77. The summed E-state index contributed by atoms with van der Waals surface area (Å²) in [5.74, 6) is -1.23. The van der Waals surface area contributed by atoms with Crippen LogP contribution in [0.25, 0.3) is 16.5 Å². The number of fused-ring (bicyclic) bond motifs is 3. The fourth-order valence-corrected chi connectivity index (χ4v) is 4.81. The molecule has 8 nitrogen and oxygen atoms in total. The van der Waals surface area contributed by atoms with Crippen molar-refractivity contribution in [2.75, 3.05) is 12.4 Å². The van der Waals surface area contributed by atoms with E-state index in [-0.39, 0.29) is 21.4 Å². The van der Waals surface area contributed by atoms with Crippen molar-refractivity contribution in [1.29, 1.82) is 0 Å². The molecule has 0 fully saturated rings. The highest BCUT2D eigenvalue weighted by Crippen LogP contribution is 2.39. The number of hydrogen-bond donors (Lipinski definition) is 2.